The molecule has 0 saturated heterocycles. The molecule has 0 spiro atoms. The summed E-state index contributed by atoms with van der Waals surface area (Å²) < 4.78 is 2.55. The summed E-state index contributed by atoms with van der Waals surface area (Å²) in [6.07, 6.45) is 1.32. The average molecular weight is 288 g/mol. The third-order valence-corrected chi connectivity index (χ3v) is 3.27. The van der Waals surface area contributed by atoms with E-state index in [1.807, 2.05) is 6.92 Å². The summed E-state index contributed by atoms with van der Waals surface area (Å²) in [4.78, 5) is 34.9. The normalized spacial score (nSPS) is 10.5. The van der Waals surface area contributed by atoms with Gasteiger partial charge in [-0.2, -0.15) is 0 Å². The van der Waals surface area contributed by atoms with E-state index in [2.05, 4.69) is 0 Å². The SMILES string of the molecule is CCn1ccc(=O)n(Cc2ccccc2CC(=O)O)c1=O. The van der Waals surface area contributed by atoms with Gasteiger partial charge in [0.1, 0.15) is 0 Å². The molecule has 0 aliphatic carbocycles. The molecule has 0 unspecified atom stereocenters. The quantitative estimate of drug-likeness (QED) is 0.878. The number of rotatable bonds is 5. The van der Waals surface area contributed by atoms with Crippen molar-refractivity contribution in [2.45, 2.75) is 26.4 Å². The van der Waals surface area contributed by atoms with Crippen LogP contribution < -0.4 is 11.2 Å². The van der Waals surface area contributed by atoms with E-state index in [0.717, 1.165) is 4.57 Å². The second-order valence-electron chi connectivity index (χ2n) is 4.65. The lowest BCUT2D eigenvalue weighted by Crippen LogP contribution is -2.39. The van der Waals surface area contributed by atoms with Crippen LogP contribution in [0.3, 0.4) is 0 Å². The largest absolute Gasteiger partial charge is 0.481 e. The van der Waals surface area contributed by atoms with Crippen molar-refractivity contribution in [3.8, 4) is 0 Å². The Hall–Kier alpha value is -2.63. The summed E-state index contributed by atoms with van der Waals surface area (Å²) >= 11 is 0. The number of aliphatic carboxylic acids is 1. The molecule has 1 N–H and O–H groups in total. The first-order valence-corrected chi connectivity index (χ1v) is 6.61. The molecule has 0 radical (unpaired) electrons. The van der Waals surface area contributed by atoms with Crippen LogP contribution >= 0.6 is 0 Å². The van der Waals surface area contributed by atoms with Gasteiger partial charge in [0.05, 0.1) is 13.0 Å². The third kappa shape index (κ3) is 3.28. The first kappa shape index (κ1) is 14.8. The Balaban J connectivity index is 2.46. The molecule has 0 fully saturated rings. The van der Waals surface area contributed by atoms with Gasteiger partial charge in [-0.05, 0) is 18.1 Å². The van der Waals surface area contributed by atoms with E-state index < -0.39 is 17.2 Å². The summed E-state index contributed by atoms with van der Waals surface area (Å²) in [6, 6.07) is 8.25. The summed E-state index contributed by atoms with van der Waals surface area (Å²) in [6.45, 7) is 2.35. The fourth-order valence-corrected chi connectivity index (χ4v) is 2.16. The number of hydrogen-bond acceptors (Lipinski definition) is 3. The zero-order chi connectivity index (χ0) is 15.4. The lowest BCUT2D eigenvalue weighted by Gasteiger charge is -2.11. The predicted molar refractivity (Wildman–Crippen MR) is 77.5 cm³/mol. The van der Waals surface area contributed by atoms with Gasteiger partial charge in [-0.15, -0.1) is 0 Å². The molecule has 0 aliphatic heterocycles. The highest BCUT2D eigenvalue weighted by atomic mass is 16.4. The lowest BCUT2D eigenvalue weighted by molar-refractivity contribution is -0.136. The van der Waals surface area contributed by atoms with Crippen LogP contribution in [0.25, 0.3) is 0 Å². The number of aromatic nitrogens is 2. The lowest BCUT2D eigenvalue weighted by atomic mass is 10.0. The fraction of sp³-hybridized carbons (Fsp3) is 0.267. The van der Waals surface area contributed by atoms with Gasteiger partial charge in [-0.1, -0.05) is 24.3 Å². The van der Waals surface area contributed by atoms with Gasteiger partial charge in [0.25, 0.3) is 5.56 Å². The minimum atomic E-state index is -0.950. The first-order valence-electron chi connectivity index (χ1n) is 6.61. The molecular formula is C15H16N2O4. The zero-order valence-electron chi connectivity index (χ0n) is 11.7. The molecule has 0 aliphatic rings. The van der Waals surface area contributed by atoms with E-state index in [1.54, 1.807) is 24.3 Å². The van der Waals surface area contributed by atoms with Crippen LogP contribution in [0.2, 0.25) is 0 Å². The molecular weight excluding hydrogens is 272 g/mol. The molecule has 0 bridgehead atoms. The Kier molecular flexibility index (Phi) is 4.37. The number of benzene rings is 1. The van der Waals surface area contributed by atoms with Crippen molar-refractivity contribution in [1.29, 1.82) is 0 Å². The molecule has 0 saturated carbocycles. The summed E-state index contributed by atoms with van der Waals surface area (Å²) in [5.41, 5.74) is 0.473. The minimum Gasteiger partial charge on any atom is -0.481 e. The molecule has 0 atom stereocenters. The highest BCUT2D eigenvalue weighted by Crippen LogP contribution is 2.10. The molecule has 6 heteroatoms. The van der Waals surface area contributed by atoms with Crippen LogP contribution in [0.4, 0.5) is 0 Å². The fourth-order valence-electron chi connectivity index (χ4n) is 2.16. The average Bonchev–Trinajstić information content (AvgIpc) is 2.44. The van der Waals surface area contributed by atoms with Crippen LogP contribution in [0.1, 0.15) is 18.1 Å². The Labute approximate surface area is 120 Å². The molecule has 2 rings (SSSR count). The highest BCUT2D eigenvalue weighted by molar-refractivity contribution is 5.70. The Morgan fingerprint density at radius 3 is 2.43 bits per heavy atom. The molecule has 21 heavy (non-hydrogen) atoms. The summed E-state index contributed by atoms with van der Waals surface area (Å²) in [7, 11) is 0. The first-order chi connectivity index (χ1) is 10.0. The molecule has 1 aromatic carbocycles. The van der Waals surface area contributed by atoms with E-state index in [-0.39, 0.29) is 13.0 Å². The monoisotopic (exact) mass is 288 g/mol. The van der Waals surface area contributed by atoms with Crippen LogP contribution in [0.15, 0.2) is 46.1 Å². The molecule has 1 aromatic heterocycles. The van der Waals surface area contributed by atoms with Crippen molar-refractivity contribution >= 4 is 5.97 Å². The number of aryl methyl sites for hydroxylation is 1. The second kappa shape index (κ2) is 6.21. The molecule has 1 heterocycles. The smallest absolute Gasteiger partial charge is 0.331 e. The second-order valence-corrected chi connectivity index (χ2v) is 4.65. The van der Waals surface area contributed by atoms with E-state index in [9.17, 15) is 14.4 Å². The Morgan fingerprint density at radius 2 is 1.81 bits per heavy atom. The van der Waals surface area contributed by atoms with Crippen LogP contribution in [0, 0.1) is 0 Å². The summed E-state index contributed by atoms with van der Waals surface area (Å²) in [5, 5.41) is 8.91. The van der Waals surface area contributed by atoms with Crippen molar-refractivity contribution < 1.29 is 9.90 Å². The van der Waals surface area contributed by atoms with Gasteiger partial charge in [0.15, 0.2) is 0 Å². The molecule has 0 amide bonds. The maximum absolute atomic E-state index is 12.2. The van der Waals surface area contributed by atoms with Gasteiger partial charge in [-0.3, -0.25) is 14.2 Å². The maximum Gasteiger partial charge on any atom is 0.331 e. The third-order valence-electron chi connectivity index (χ3n) is 3.27. The summed E-state index contributed by atoms with van der Waals surface area (Å²) in [5.74, 6) is -0.950. The minimum absolute atomic E-state index is 0.0714. The van der Waals surface area contributed by atoms with E-state index in [4.69, 9.17) is 5.11 Å². The van der Waals surface area contributed by atoms with Gasteiger partial charge in [0.2, 0.25) is 0 Å². The standard InChI is InChI=1S/C15H16N2O4/c1-2-16-8-7-13(18)17(15(16)21)10-12-6-4-3-5-11(12)9-14(19)20/h3-8H,2,9-10H2,1H3,(H,19,20). The number of nitrogens with zero attached hydrogens (tertiary/aromatic N) is 2. The highest BCUT2D eigenvalue weighted by Gasteiger charge is 2.10. The van der Waals surface area contributed by atoms with E-state index in [1.165, 1.54) is 16.8 Å². The van der Waals surface area contributed by atoms with Gasteiger partial charge in [0, 0.05) is 18.8 Å². The van der Waals surface area contributed by atoms with E-state index in [0.29, 0.717) is 17.7 Å². The molecule has 2 aromatic rings. The molecule has 6 nitrogen and oxygen atoms in total. The molecule has 110 valence electrons. The van der Waals surface area contributed by atoms with Crippen molar-refractivity contribution in [3.63, 3.8) is 0 Å². The van der Waals surface area contributed by atoms with Crippen molar-refractivity contribution in [3.05, 3.63) is 68.5 Å². The maximum atomic E-state index is 12.2. The Morgan fingerprint density at radius 1 is 1.14 bits per heavy atom. The van der Waals surface area contributed by atoms with Crippen LogP contribution in [-0.4, -0.2) is 20.2 Å². The van der Waals surface area contributed by atoms with Crippen LogP contribution in [-0.2, 0) is 24.3 Å². The zero-order valence-corrected chi connectivity index (χ0v) is 11.7. The predicted octanol–water partition coefficient (Wildman–Crippen LogP) is 0.705. The van der Waals surface area contributed by atoms with Crippen LogP contribution in [0.5, 0.6) is 0 Å². The van der Waals surface area contributed by atoms with Gasteiger partial charge < -0.3 is 9.67 Å². The number of carboxylic acids is 1. The van der Waals surface area contributed by atoms with Crippen molar-refractivity contribution in [2.24, 2.45) is 0 Å². The van der Waals surface area contributed by atoms with Gasteiger partial charge >= 0.3 is 11.7 Å². The number of carbonyl (C=O) groups is 1. The van der Waals surface area contributed by atoms with E-state index >= 15 is 0 Å². The van der Waals surface area contributed by atoms with Crippen molar-refractivity contribution in [1.82, 2.24) is 9.13 Å². The van der Waals surface area contributed by atoms with Crippen molar-refractivity contribution in [2.75, 3.05) is 0 Å². The topological polar surface area (TPSA) is 81.3 Å². The Bertz CT molecular complexity index is 774. The van der Waals surface area contributed by atoms with Gasteiger partial charge in [-0.25, -0.2) is 4.79 Å². The number of hydrogen-bond donors (Lipinski definition) is 1. The number of carboxylic acid groups (broad SMARTS) is 1.